The Morgan fingerprint density at radius 2 is 2.10 bits per heavy atom. The number of rotatable bonds is 7. The van der Waals surface area contributed by atoms with Crippen LogP contribution in [-0.4, -0.2) is 52.7 Å². The SMILES string of the molecule is C=C1NC(=O)C/C1=C\c1cnn2ccc(Nc3ccc(OCCN(C)C)cc3)nc12. The van der Waals surface area contributed by atoms with Crippen molar-refractivity contribution in [2.24, 2.45) is 0 Å². The van der Waals surface area contributed by atoms with Gasteiger partial charge in [-0.3, -0.25) is 4.79 Å². The number of ether oxygens (including phenoxy) is 1. The lowest BCUT2D eigenvalue weighted by atomic mass is 10.1. The fourth-order valence-electron chi connectivity index (χ4n) is 3.08. The number of allylic oxidation sites excluding steroid dienone is 1. The number of anilines is 2. The summed E-state index contributed by atoms with van der Waals surface area (Å²) >= 11 is 0. The molecule has 0 radical (unpaired) electrons. The molecule has 30 heavy (non-hydrogen) atoms. The minimum absolute atomic E-state index is 0.0489. The molecular weight excluding hydrogens is 380 g/mol. The average molecular weight is 404 g/mol. The van der Waals surface area contributed by atoms with Gasteiger partial charge in [-0.2, -0.15) is 5.10 Å². The van der Waals surface area contributed by atoms with Crippen LogP contribution in [0.25, 0.3) is 11.7 Å². The van der Waals surface area contributed by atoms with E-state index < -0.39 is 0 Å². The van der Waals surface area contributed by atoms with Crippen molar-refractivity contribution in [3.63, 3.8) is 0 Å². The fourth-order valence-corrected chi connectivity index (χ4v) is 3.08. The van der Waals surface area contributed by atoms with E-state index in [0.29, 0.717) is 30.2 Å². The minimum atomic E-state index is -0.0489. The molecule has 0 bridgehead atoms. The molecule has 4 rings (SSSR count). The van der Waals surface area contributed by atoms with Crippen LogP contribution in [0.1, 0.15) is 12.0 Å². The van der Waals surface area contributed by atoms with Crippen LogP contribution in [-0.2, 0) is 4.79 Å². The molecular formula is C22H24N6O2. The lowest BCUT2D eigenvalue weighted by Gasteiger charge is -2.11. The van der Waals surface area contributed by atoms with Crippen molar-refractivity contribution in [1.29, 1.82) is 0 Å². The van der Waals surface area contributed by atoms with Crippen LogP contribution in [0.5, 0.6) is 5.75 Å². The number of nitrogens with one attached hydrogen (secondary N) is 2. The minimum Gasteiger partial charge on any atom is -0.492 e. The predicted octanol–water partition coefficient (Wildman–Crippen LogP) is 2.83. The molecule has 1 aliphatic rings. The van der Waals surface area contributed by atoms with Crippen LogP contribution in [0, 0.1) is 0 Å². The lowest BCUT2D eigenvalue weighted by molar-refractivity contribution is -0.118. The Labute approximate surface area is 174 Å². The monoisotopic (exact) mass is 404 g/mol. The summed E-state index contributed by atoms with van der Waals surface area (Å²) < 4.78 is 7.43. The first-order chi connectivity index (χ1) is 14.5. The van der Waals surface area contributed by atoms with E-state index in [2.05, 4.69) is 32.2 Å². The molecule has 0 saturated carbocycles. The number of likely N-dealkylation sites (N-methyl/N-ethyl adjacent to an activating group) is 1. The summed E-state index contributed by atoms with van der Waals surface area (Å²) in [5, 5.41) is 10.4. The molecule has 3 heterocycles. The number of carbonyl (C=O) groups is 1. The predicted molar refractivity (Wildman–Crippen MR) is 117 cm³/mol. The van der Waals surface area contributed by atoms with E-state index >= 15 is 0 Å². The first kappa shape index (κ1) is 19.7. The van der Waals surface area contributed by atoms with Crippen LogP contribution in [0.2, 0.25) is 0 Å². The Morgan fingerprint density at radius 3 is 2.80 bits per heavy atom. The van der Waals surface area contributed by atoms with Gasteiger partial charge in [-0.15, -0.1) is 0 Å². The maximum atomic E-state index is 11.6. The molecule has 8 nitrogen and oxygen atoms in total. The zero-order chi connectivity index (χ0) is 21.1. The van der Waals surface area contributed by atoms with Gasteiger partial charge in [0.1, 0.15) is 18.2 Å². The number of carbonyl (C=O) groups excluding carboxylic acids is 1. The van der Waals surface area contributed by atoms with Gasteiger partial charge in [-0.1, -0.05) is 6.58 Å². The molecule has 1 amide bonds. The van der Waals surface area contributed by atoms with Crippen molar-refractivity contribution in [1.82, 2.24) is 24.8 Å². The quantitative estimate of drug-likeness (QED) is 0.630. The Morgan fingerprint density at radius 1 is 1.30 bits per heavy atom. The Kier molecular flexibility index (Phi) is 5.49. The van der Waals surface area contributed by atoms with Gasteiger partial charge in [-0.05, 0) is 56.1 Å². The molecule has 154 valence electrons. The standard InChI is InChI=1S/C22H24N6O2/c1-15-16(13-21(29)24-15)12-17-14-23-28-9-8-20(26-22(17)28)25-18-4-6-19(7-5-18)30-11-10-27(2)3/h4-9,12,14H,1,10-11,13H2,2-3H3,(H,24,29)(H,25,26)/b16-12+. The van der Waals surface area contributed by atoms with Crippen molar-refractivity contribution in [2.75, 3.05) is 32.6 Å². The molecule has 0 atom stereocenters. The average Bonchev–Trinajstić information content (AvgIpc) is 3.25. The highest BCUT2D eigenvalue weighted by atomic mass is 16.5. The zero-order valence-corrected chi connectivity index (χ0v) is 17.1. The first-order valence-corrected chi connectivity index (χ1v) is 9.66. The number of hydrogen-bond donors (Lipinski definition) is 2. The highest BCUT2D eigenvalue weighted by Crippen LogP contribution is 2.24. The Hall–Kier alpha value is -3.65. The van der Waals surface area contributed by atoms with Gasteiger partial charge in [0.15, 0.2) is 5.65 Å². The molecule has 1 saturated heterocycles. The number of aromatic nitrogens is 3. The molecule has 1 fully saturated rings. The number of benzene rings is 1. The van der Waals surface area contributed by atoms with Crippen LogP contribution >= 0.6 is 0 Å². The van der Waals surface area contributed by atoms with Crippen LogP contribution in [0.15, 0.2) is 60.6 Å². The maximum absolute atomic E-state index is 11.6. The van der Waals surface area contributed by atoms with Crippen molar-refractivity contribution in [3.05, 3.63) is 66.1 Å². The van der Waals surface area contributed by atoms with E-state index in [0.717, 1.165) is 29.1 Å². The normalized spacial score (nSPS) is 15.2. The molecule has 0 aliphatic carbocycles. The van der Waals surface area contributed by atoms with Crippen molar-refractivity contribution >= 4 is 29.1 Å². The molecule has 2 aromatic heterocycles. The Balaban J connectivity index is 1.49. The molecule has 1 aliphatic heterocycles. The molecule has 2 N–H and O–H groups in total. The van der Waals surface area contributed by atoms with E-state index in [-0.39, 0.29) is 5.91 Å². The van der Waals surface area contributed by atoms with Gasteiger partial charge in [0.25, 0.3) is 0 Å². The van der Waals surface area contributed by atoms with Crippen LogP contribution < -0.4 is 15.4 Å². The van der Waals surface area contributed by atoms with Gasteiger partial charge in [0, 0.05) is 29.7 Å². The van der Waals surface area contributed by atoms with E-state index in [1.165, 1.54) is 0 Å². The van der Waals surface area contributed by atoms with Gasteiger partial charge in [0.2, 0.25) is 5.91 Å². The number of fused-ring (bicyclic) bond motifs is 1. The summed E-state index contributed by atoms with van der Waals surface area (Å²) in [7, 11) is 4.03. The summed E-state index contributed by atoms with van der Waals surface area (Å²) in [6.07, 6.45) is 5.80. The highest BCUT2D eigenvalue weighted by Gasteiger charge is 2.19. The van der Waals surface area contributed by atoms with Gasteiger partial charge in [0.05, 0.1) is 12.6 Å². The second-order valence-corrected chi connectivity index (χ2v) is 7.36. The molecule has 3 aromatic rings. The van der Waals surface area contributed by atoms with E-state index in [1.807, 2.05) is 56.7 Å². The second-order valence-electron chi connectivity index (χ2n) is 7.36. The lowest BCUT2D eigenvalue weighted by Crippen LogP contribution is -2.19. The number of hydrogen-bond acceptors (Lipinski definition) is 6. The van der Waals surface area contributed by atoms with Crippen molar-refractivity contribution in [3.8, 4) is 5.75 Å². The number of amides is 1. The maximum Gasteiger partial charge on any atom is 0.228 e. The Bertz CT molecular complexity index is 1110. The van der Waals surface area contributed by atoms with Crippen LogP contribution in [0.3, 0.4) is 0 Å². The molecule has 1 aromatic carbocycles. The third-order valence-corrected chi connectivity index (χ3v) is 4.69. The van der Waals surface area contributed by atoms with Crippen molar-refractivity contribution < 1.29 is 9.53 Å². The summed E-state index contributed by atoms with van der Waals surface area (Å²) in [5.41, 5.74) is 3.91. The summed E-state index contributed by atoms with van der Waals surface area (Å²) in [5.74, 6) is 1.48. The van der Waals surface area contributed by atoms with E-state index in [1.54, 1.807) is 10.7 Å². The van der Waals surface area contributed by atoms with Gasteiger partial charge >= 0.3 is 0 Å². The van der Waals surface area contributed by atoms with E-state index in [4.69, 9.17) is 4.74 Å². The van der Waals surface area contributed by atoms with Crippen molar-refractivity contribution in [2.45, 2.75) is 6.42 Å². The summed E-state index contributed by atoms with van der Waals surface area (Å²) in [6, 6.07) is 9.63. The third-order valence-electron chi connectivity index (χ3n) is 4.69. The van der Waals surface area contributed by atoms with E-state index in [9.17, 15) is 4.79 Å². The summed E-state index contributed by atoms with van der Waals surface area (Å²) in [4.78, 5) is 18.3. The summed E-state index contributed by atoms with van der Waals surface area (Å²) in [6.45, 7) is 5.39. The largest absolute Gasteiger partial charge is 0.492 e. The smallest absolute Gasteiger partial charge is 0.228 e. The molecule has 8 heteroatoms. The zero-order valence-electron chi connectivity index (χ0n) is 17.1. The van der Waals surface area contributed by atoms with Gasteiger partial charge in [-0.25, -0.2) is 9.50 Å². The van der Waals surface area contributed by atoms with Gasteiger partial charge < -0.3 is 20.3 Å². The first-order valence-electron chi connectivity index (χ1n) is 9.66. The highest BCUT2D eigenvalue weighted by molar-refractivity contribution is 5.89. The number of nitrogens with zero attached hydrogens (tertiary/aromatic N) is 4. The second kappa shape index (κ2) is 8.38. The molecule has 0 spiro atoms. The molecule has 0 unspecified atom stereocenters. The fraction of sp³-hybridized carbons (Fsp3) is 0.227. The topological polar surface area (TPSA) is 83.8 Å². The third kappa shape index (κ3) is 4.49. The van der Waals surface area contributed by atoms with Crippen LogP contribution in [0.4, 0.5) is 11.5 Å².